The summed E-state index contributed by atoms with van der Waals surface area (Å²) in [5, 5.41) is 11.5. The van der Waals surface area contributed by atoms with E-state index in [2.05, 4.69) is 11.9 Å². The van der Waals surface area contributed by atoms with Crippen LogP contribution in [0.2, 0.25) is 5.02 Å². The van der Waals surface area contributed by atoms with E-state index < -0.39 is 5.60 Å². The Morgan fingerprint density at radius 2 is 2.50 bits per heavy atom. The number of pyridine rings is 1. The van der Waals surface area contributed by atoms with E-state index in [1.54, 1.807) is 12.4 Å². The van der Waals surface area contributed by atoms with Crippen LogP contribution >= 0.6 is 23.4 Å². The Kier molecular flexibility index (Phi) is 3.77. The van der Waals surface area contributed by atoms with Crippen LogP contribution in [0.15, 0.2) is 18.5 Å². The van der Waals surface area contributed by atoms with Crippen molar-refractivity contribution in [1.29, 1.82) is 0 Å². The van der Waals surface area contributed by atoms with Gasteiger partial charge in [-0.25, -0.2) is 0 Å². The number of aliphatic hydroxyl groups is 1. The number of hydrogen-bond donors (Lipinski definition) is 1. The number of hydrogen-bond acceptors (Lipinski definition) is 3. The number of nitrogens with zero attached hydrogens (tertiary/aromatic N) is 1. The highest BCUT2D eigenvalue weighted by atomic mass is 35.5. The molecular formula is C12H16ClNOS. The molecule has 1 aliphatic rings. The van der Waals surface area contributed by atoms with E-state index in [1.165, 1.54) is 0 Å². The Labute approximate surface area is 105 Å². The first-order valence-electron chi connectivity index (χ1n) is 5.54. The molecule has 1 aromatic rings. The predicted octanol–water partition coefficient (Wildman–Crippen LogP) is 2.92. The molecule has 2 atom stereocenters. The standard InChI is InChI=1S/C12H16ClNOS/c1-9-12(15,4-2-6-16-9)7-10-3-5-14-8-11(10)13/h3,5,8-9,15H,2,4,6-7H2,1H3. The van der Waals surface area contributed by atoms with Crippen molar-refractivity contribution in [3.63, 3.8) is 0 Å². The molecule has 0 aliphatic carbocycles. The average molecular weight is 258 g/mol. The van der Waals surface area contributed by atoms with Crippen LogP contribution in [-0.4, -0.2) is 26.7 Å². The molecule has 2 rings (SSSR count). The summed E-state index contributed by atoms with van der Waals surface area (Å²) < 4.78 is 0. The summed E-state index contributed by atoms with van der Waals surface area (Å²) in [6.07, 6.45) is 5.93. The molecule has 0 bridgehead atoms. The van der Waals surface area contributed by atoms with E-state index in [9.17, 15) is 5.11 Å². The quantitative estimate of drug-likeness (QED) is 0.884. The number of rotatable bonds is 2. The Morgan fingerprint density at radius 1 is 1.69 bits per heavy atom. The van der Waals surface area contributed by atoms with Gasteiger partial charge >= 0.3 is 0 Å². The normalized spacial score (nSPS) is 30.3. The SMILES string of the molecule is CC1SCCCC1(O)Cc1ccncc1Cl. The molecule has 0 spiro atoms. The Morgan fingerprint density at radius 3 is 3.19 bits per heavy atom. The van der Waals surface area contributed by atoms with Crippen LogP contribution in [0.5, 0.6) is 0 Å². The van der Waals surface area contributed by atoms with Crippen molar-refractivity contribution in [2.45, 2.75) is 37.0 Å². The van der Waals surface area contributed by atoms with Gasteiger partial charge in [0.2, 0.25) is 0 Å². The monoisotopic (exact) mass is 257 g/mol. The molecular weight excluding hydrogens is 242 g/mol. The smallest absolute Gasteiger partial charge is 0.0804 e. The lowest BCUT2D eigenvalue weighted by Gasteiger charge is -2.38. The summed E-state index contributed by atoms with van der Waals surface area (Å²) in [4.78, 5) is 3.96. The molecule has 1 aliphatic heterocycles. The molecule has 0 aromatic carbocycles. The molecule has 1 saturated heterocycles. The van der Waals surface area contributed by atoms with E-state index in [-0.39, 0.29) is 5.25 Å². The number of aromatic nitrogens is 1. The van der Waals surface area contributed by atoms with Gasteiger partial charge in [-0.3, -0.25) is 4.98 Å². The van der Waals surface area contributed by atoms with Crippen molar-refractivity contribution >= 4 is 23.4 Å². The van der Waals surface area contributed by atoms with Crippen LogP contribution in [0.25, 0.3) is 0 Å². The van der Waals surface area contributed by atoms with Gasteiger partial charge in [-0.2, -0.15) is 11.8 Å². The van der Waals surface area contributed by atoms with Gasteiger partial charge in [0.25, 0.3) is 0 Å². The van der Waals surface area contributed by atoms with Crippen molar-refractivity contribution in [3.8, 4) is 0 Å². The van der Waals surface area contributed by atoms with Crippen molar-refractivity contribution in [1.82, 2.24) is 4.98 Å². The number of halogens is 1. The van der Waals surface area contributed by atoms with Gasteiger partial charge in [0.05, 0.1) is 10.6 Å². The van der Waals surface area contributed by atoms with Crippen LogP contribution < -0.4 is 0 Å². The fourth-order valence-corrected chi connectivity index (χ4v) is 3.47. The average Bonchev–Trinajstić information content (AvgIpc) is 2.26. The molecule has 1 fully saturated rings. The Hall–Kier alpha value is -0.250. The van der Waals surface area contributed by atoms with E-state index in [4.69, 9.17) is 11.6 Å². The molecule has 2 nitrogen and oxygen atoms in total. The van der Waals surface area contributed by atoms with Crippen LogP contribution in [0, 0.1) is 0 Å². The Bertz CT molecular complexity index is 374. The van der Waals surface area contributed by atoms with Crippen molar-refractivity contribution in [3.05, 3.63) is 29.0 Å². The van der Waals surface area contributed by atoms with Crippen molar-refractivity contribution in [2.24, 2.45) is 0 Å². The van der Waals surface area contributed by atoms with Crippen LogP contribution in [0.1, 0.15) is 25.3 Å². The first-order valence-corrected chi connectivity index (χ1v) is 6.97. The lowest BCUT2D eigenvalue weighted by Crippen LogP contribution is -2.43. The zero-order valence-electron chi connectivity index (χ0n) is 9.32. The summed E-state index contributed by atoms with van der Waals surface area (Å²) in [7, 11) is 0. The maximum absolute atomic E-state index is 10.6. The van der Waals surface area contributed by atoms with E-state index in [0.29, 0.717) is 11.4 Å². The van der Waals surface area contributed by atoms with E-state index in [0.717, 1.165) is 24.2 Å². The van der Waals surface area contributed by atoms with Gasteiger partial charge < -0.3 is 5.11 Å². The third kappa shape index (κ3) is 2.53. The molecule has 2 unspecified atom stereocenters. The zero-order valence-corrected chi connectivity index (χ0v) is 10.9. The summed E-state index contributed by atoms with van der Waals surface area (Å²) in [5.41, 5.74) is 0.377. The fourth-order valence-electron chi connectivity index (χ4n) is 2.11. The molecule has 0 radical (unpaired) electrons. The predicted molar refractivity (Wildman–Crippen MR) is 69.1 cm³/mol. The number of thioether (sulfide) groups is 1. The lowest BCUT2D eigenvalue weighted by atomic mass is 9.87. The summed E-state index contributed by atoms with van der Waals surface area (Å²) in [6.45, 7) is 2.10. The van der Waals surface area contributed by atoms with Gasteiger partial charge in [-0.1, -0.05) is 18.5 Å². The highest BCUT2D eigenvalue weighted by Crippen LogP contribution is 2.37. The minimum absolute atomic E-state index is 0.269. The van der Waals surface area contributed by atoms with Crippen molar-refractivity contribution in [2.75, 3.05) is 5.75 Å². The van der Waals surface area contributed by atoms with Crippen LogP contribution in [0.3, 0.4) is 0 Å². The molecule has 0 amide bonds. The highest BCUT2D eigenvalue weighted by molar-refractivity contribution is 8.00. The fraction of sp³-hybridized carbons (Fsp3) is 0.583. The maximum atomic E-state index is 10.6. The molecule has 88 valence electrons. The first-order chi connectivity index (χ1) is 7.62. The summed E-state index contributed by atoms with van der Waals surface area (Å²) in [6, 6.07) is 1.90. The molecule has 16 heavy (non-hydrogen) atoms. The van der Waals surface area contributed by atoms with E-state index in [1.807, 2.05) is 17.8 Å². The minimum atomic E-state index is -0.617. The molecule has 1 N–H and O–H groups in total. The van der Waals surface area contributed by atoms with Gasteiger partial charge in [0, 0.05) is 24.1 Å². The van der Waals surface area contributed by atoms with Crippen LogP contribution in [-0.2, 0) is 6.42 Å². The molecule has 4 heteroatoms. The van der Waals surface area contributed by atoms with Gasteiger partial charge in [0.1, 0.15) is 0 Å². The second-order valence-electron chi connectivity index (χ2n) is 4.36. The van der Waals surface area contributed by atoms with Gasteiger partial charge in [-0.05, 0) is 30.2 Å². The topological polar surface area (TPSA) is 33.1 Å². The van der Waals surface area contributed by atoms with Crippen LogP contribution in [0.4, 0.5) is 0 Å². The second kappa shape index (κ2) is 4.94. The largest absolute Gasteiger partial charge is 0.388 e. The maximum Gasteiger partial charge on any atom is 0.0804 e. The molecule has 2 heterocycles. The first kappa shape index (κ1) is 12.2. The molecule has 0 saturated carbocycles. The highest BCUT2D eigenvalue weighted by Gasteiger charge is 2.36. The van der Waals surface area contributed by atoms with Gasteiger partial charge in [-0.15, -0.1) is 0 Å². The van der Waals surface area contributed by atoms with Gasteiger partial charge in [0.15, 0.2) is 0 Å². The molecule has 1 aromatic heterocycles. The van der Waals surface area contributed by atoms with E-state index >= 15 is 0 Å². The summed E-state index contributed by atoms with van der Waals surface area (Å²) >= 11 is 7.91. The zero-order chi connectivity index (χ0) is 11.6. The third-order valence-electron chi connectivity index (χ3n) is 3.23. The Balaban J connectivity index is 2.16. The third-order valence-corrected chi connectivity index (χ3v) is 5.04. The van der Waals surface area contributed by atoms with Crippen molar-refractivity contribution < 1.29 is 5.11 Å². The minimum Gasteiger partial charge on any atom is -0.388 e. The lowest BCUT2D eigenvalue weighted by molar-refractivity contribution is 0.0297. The summed E-state index contributed by atoms with van der Waals surface area (Å²) in [5.74, 6) is 1.15. The second-order valence-corrected chi connectivity index (χ2v) is 6.22.